The number of hydrogen-bond donors (Lipinski definition) is 1. The van der Waals surface area contributed by atoms with E-state index in [1.807, 2.05) is 24.3 Å². The van der Waals surface area contributed by atoms with Crippen LogP contribution >= 0.6 is 0 Å². The summed E-state index contributed by atoms with van der Waals surface area (Å²) in [7, 11) is 3.35. The minimum atomic E-state index is 0. The molecule has 0 radical (unpaired) electrons. The molecule has 3 aromatic rings. The van der Waals surface area contributed by atoms with Crippen LogP contribution in [-0.2, 0) is 0 Å². The van der Waals surface area contributed by atoms with Crippen molar-refractivity contribution in [1.29, 1.82) is 0 Å². The normalized spacial score (nSPS) is 9.56. The zero-order valence-corrected chi connectivity index (χ0v) is 15.0. The lowest BCUT2D eigenvalue weighted by atomic mass is 9.96. The molecule has 0 aliphatic rings. The molecule has 0 aromatic heterocycles. The Balaban J connectivity index is 0.00000156. The van der Waals surface area contributed by atoms with E-state index in [9.17, 15) is 0 Å². The van der Waals surface area contributed by atoms with Crippen molar-refractivity contribution in [2.75, 3.05) is 14.2 Å². The quantitative estimate of drug-likeness (QED) is 0.716. The highest BCUT2D eigenvalue weighted by molar-refractivity contribution is 5.85. The second-order valence-electron chi connectivity index (χ2n) is 5.29. The van der Waals surface area contributed by atoms with Gasteiger partial charge in [0.2, 0.25) is 0 Å². The molecule has 0 heterocycles. The van der Waals surface area contributed by atoms with Gasteiger partial charge >= 0.3 is 0 Å². The van der Waals surface area contributed by atoms with Gasteiger partial charge in [-0.25, -0.2) is 0 Å². The van der Waals surface area contributed by atoms with Gasteiger partial charge < -0.3 is 33.1 Å². The zero-order chi connectivity index (χ0) is 16.2. The molecule has 0 spiro atoms. The number of methoxy groups -OCH3 is 2. The van der Waals surface area contributed by atoms with E-state index in [4.69, 9.17) is 9.47 Å². The van der Waals surface area contributed by atoms with Crippen molar-refractivity contribution >= 4 is 5.69 Å². The maximum absolute atomic E-state index is 5.22. The van der Waals surface area contributed by atoms with Crippen molar-refractivity contribution in [3.8, 4) is 33.8 Å². The van der Waals surface area contributed by atoms with E-state index < -0.39 is 0 Å². The fraction of sp³-hybridized carbons (Fsp3) is 0.100. The molecule has 0 bridgehead atoms. The highest BCUT2D eigenvalue weighted by atomic mass is 35.5. The fourth-order valence-corrected chi connectivity index (χ4v) is 2.67. The van der Waals surface area contributed by atoms with E-state index in [1.54, 1.807) is 14.2 Å². The van der Waals surface area contributed by atoms with Crippen LogP contribution in [0.3, 0.4) is 0 Å². The van der Waals surface area contributed by atoms with E-state index in [0.29, 0.717) is 0 Å². The Morgan fingerprint density at radius 2 is 1.00 bits per heavy atom. The van der Waals surface area contributed by atoms with Gasteiger partial charge in [-0.3, -0.25) is 0 Å². The largest absolute Gasteiger partial charge is 1.00 e. The number of quaternary nitrogens is 1. The van der Waals surface area contributed by atoms with E-state index in [-0.39, 0.29) is 17.9 Å². The van der Waals surface area contributed by atoms with Crippen LogP contribution < -0.4 is 27.6 Å². The number of benzene rings is 3. The molecule has 5 N–H and O–H groups in total. The van der Waals surface area contributed by atoms with Crippen LogP contribution in [0, 0.1) is 0 Å². The van der Waals surface area contributed by atoms with Crippen molar-refractivity contribution in [2.24, 2.45) is 0 Å². The standard InChI is InChI=1S/C20H19NO2.ClH.H2O/c1-22-16-10-6-14(7-11-16)18-4-3-5-19(20(18)21)15-8-12-17(23-2)13-9-15;;/h3-13H,21H2,1-2H3;1H;1H2. The molecule has 0 saturated heterocycles. The zero-order valence-electron chi connectivity index (χ0n) is 14.3. The predicted octanol–water partition coefficient (Wildman–Crippen LogP) is 0.0905. The fourth-order valence-electron chi connectivity index (χ4n) is 2.67. The van der Waals surface area contributed by atoms with Crippen molar-refractivity contribution in [3.63, 3.8) is 0 Å². The van der Waals surface area contributed by atoms with Crippen LogP contribution in [0.5, 0.6) is 11.5 Å². The Hall–Kier alpha value is -2.53. The van der Waals surface area contributed by atoms with Gasteiger partial charge in [0.05, 0.1) is 14.2 Å². The average Bonchev–Trinajstić information content (AvgIpc) is 2.62. The first-order valence-electron chi connectivity index (χ1n) is 7.47. The molecular weight excluding hydrogens is 338 g/mol. The lowest BCUT2D eigenvalue weighted by Gasteiger charge is -2.10. The summed E-state index contributed by atoms with van der Waals surface area (Å²) in [6, 6.07) is 22.3. The van der Waals surface area contributed by atoms with Crippen molar-refractivity contribution in [3.05, 3.63) is 66.7 Å². The van der Waals surface area contributed by atoms with Crippen LogP contribution in [0.25, 0.3) is 22.3 Å². The average molecular weight is 360 g/mol. The molecule has 4 nitrogen and oxygen atoms in total. The van der Waals surface area contributed by atoms with Crippen molar-refractivity contribution in [1.82, 2.24) is 0 Å². The summed E-state index contributed by atoms with van der Waals surface area (Å²) in [5.41, 5.74) is 9.83. The molecule has 132 valence electrons. The van der Waals surface area contributed by atoms with Gasteiger partial charge in [0, 0.05) is 11.1 Å². The summed E-state index contributed by atoms with van der Waals surface area (Å²) >= 11 is 0. The molecule has 0 aliphatic carbocycles. The molecule has 0 unspecified atom stereocenters. The number of hydrogen-bond acceptors (Lipinski definition) is 2. The lowest BCUT2D eigenvalue weighted by Crippen LogP contribution is -3.00. The van der Waals surface area contributed by atoms with Gasteiger partial charge in [0.1, 0.15) is 17.2 Å². The third kappa shape index (κ3) is 4.31. The van der Waals surface area contributed by atoms with E-state index in [1.165, 1.54) is 0 Å². The van der Waals surface area contributed by atoms with Crippen LogP contribution in [0.4, 0.5) is 5.69 Å². The van der Waals surface area contributed by atoms with E-state index in [2.05, 4.69) is 48.2 Å². The minimum absolute atomic E-state index is 0. The number of ether oxygens (including phenoxy) is 2. The van der Waals surface area contributed by atoms with E-state index in [0.717, 1.165) is 39.4 Å². The summed E-state index contributed by atoms with van der Waals surface area (Å²) in [5.74, 6) is 1.70. The number of rotatable bonds is 4. The van der Waals surface area contributed by atoms with Crippen molar-refractivity contribution in [2.45, 2.75) is 0 Å². The first-order valence-corrected chi connectivity index (χ1v) is 7.47. The summed E-state index contributed by atoms with van der Waals surface area (Å²) in [6.45, 7) is 0. The Morgan fingerprint density at radius 1 is 0.640 bits per heavy atom. The molecule has 0 atom stereocenters. The Kier molecular flexibility index (Phi) is 7.45. The molecule has 25 heavy (non-hydrogen) atoms. The predicted molar refractivity (Wildman–Crippen MR) is 96.6 cm³/mol. The molecule has 3 rings (SSSR count). The van der Waals surface area contributed by atoms with E-state index >= 15 is 0 Å². The molecular formula is C20H22ClNO3. The first kappa shape index (κ1) is 20.5. The third-order valence-electron chi connectivity index (χ3n) is 3.98. The van der Waals surface area contributed by atoms with Gasteiger partial charge in [-0.2, -0.15) is 0 Å². The number of halogens is 1. The van der Waals surface area contributed by atoms with Crippen LogP contribution in [0.1, 0.15) is 0 Å². The summed E-state index contributed by atoms with van der Waals surface area (Å²) < 4.78 is 10.4. The maximum atomic E-state index is 5.22. The summed E-state index contributed by atoms with van der Waals surface area (Å²) in [4.78, 5) is 0. The minimum Gasteiger partial charge on any atom is -1.00 e. The second-order valence-corrected chi connectivity index (χ2v) is 5.29. The van der Waals surface area contributed by atoms with Gasteiger partial charge in [-0.15, -0.1) is 0 Å². The van der Waals surface area contributed by atoms with Crippen LogP contribution in [0.15, 0.2) is 66.7 Å². The molecule has 3 aromatic carbocycles. The molecule has 0 aliphatic heterocycles. The first-order chi connectivity index (χ1) is 11.2. The SMILES string of the molecule is COc1ccc(-c2cccc(-c3ccc(OC)cc3)c2[NH3+])cc1.O.[Cl-]. The Morgan fingerprint density at radius 3 is 1.32 bits per heavy atom. The molecule has 0 fully saturated rings. The van der Waals surface area contributed by atoms with Crippen LogP contribution in [-0.4, -0.2) is 19.7 Å². The monoisotopic (exact) mass is 359 g/mol. The smallest absolute Gasteiger partial charge is 0.143 e. The second kappa shape index (κ2) is 9.08. The summed E-state index contributed by atoms with van der Waals surface area (Å²) in [5, 5.41) is 0. The topological polar surface area (TPSA) is 77.6 Å². The van der Waals surface area contributed by atoms with Gasteiger partial charge in [0.25, 0.3) is 0 Å². The Bertz CT molecular complexity index is 736. The van der Waals surface area contributed by atoms with Crippen molar-refractivity contribution < 1.29 is 33.1 Å². The molecule has 0 amide bonds. The third-order valence-corrected chi connectivity index (χ3v) is 3.98. The van der Waals surface area contributed by atoms with Gasteiger partial charge in [-0.1, -0.05) is 30.3 Å². The Labute approximate surface area is 153 Å². The van der Waals surface area contributed by atoms with Gasteiger partial charge in [-0.05, 0) is 47.5 Å². The van der Waals surface area contributed by atoms with Gasteiger partial charge in [0.15, 0.2) is 0 Å². The summed E-state index contributed by atoms with van der Waals surface area (Å²) in [6.07, 6.45) is 0. The molecule has 0 saturated carbocycles. The maximum Gasteiger partial charge on any atom is 0.143 e. The lowest BCUT2D eigenvalue weighted by molar-refractivity contribution is -0.253. The highest BCUT2D eigenvalue weighted by Gasteiger charge is 2.12. The molecule has 5 heteroatoms. The highest BCUT2D eigenvalue weighted by Crippen LogP contribution is 2.34. The van der Waals surface area contributed by atoms with Crippen LogP contribution in [0.2, 0.25) is 0 Å².